The lowest BCUT2D eigenvalue weighted by Crippen LogP contribution is -2.17. The number of fused-ring (bicyclic) bond motifs is 1. The summed E-state index contributed by atoms with van der Waals surface area (Å²) in [6.45, 7) is 0. The van der Waals surface area contributed by atoms with Gasteiger partial charge in [0, 0.05) is 32.3 Å². The molecule has 0 fully saturated rings. The van der Waals surface area contributed by atoms with Crippen molar-refractivity contribution in [3.8, 4) is 5.06 Å². The van der Waals surface area contributed by atoms with Crippen LogP contribution < -0.4 is 5.32 Å². The fourth-order valence-corrected chi connectivity index (χ4v) is 4.59. The van der Waals surface area contributed by atoms with Gasteiger partial charge in [-0.1, -0.05) is 59.9 Å². The Morgan fingerprint density at radius 3 is 2.53 bits per heavy atom. The Hall–Kier alpha value is -3.09. The molecule has 4 aromatic rings. The van der Waals surface area contributed by atoms with Crippen LogP contribution in [0.25, 0.3) is 15.7 Å². The number of hydrogen-bond acceptors (Lipinski definition) is 4. The Labute approximate surface area is 181 Å². The number of benzene rings is 3. The predicted molar refractivity (Wildman–Crippen MR) is 123 cm³/mol. The maximum atomic E-state index is 14.5. The molecule has 1 amide bonds. The minimum absolute atomic E-state index is 0.0405. The van der Waals surface area contributed by atoms with Crippen molar-refractivity contribution in [1.29, 1.82) is 0 Å². The maximum Gasteiger partial charge on any atom is 0.260 e. The van der Waals surface area contributed by atoms with Crippen LogP contribution in [0.15, 0.2) is 83.9 Å². The Bertz CT molecular complexity index is 1250. The normalized spacial score (nSPS) is 11.6. The molecule has 0 saturated carbocycles. The topological polar surface area (TPSA) is 49.3 Å². The van der Waals surface area contributed by atoms with Gasteiger partial charge < -0.3 is 10.4 Å². The standard InChI is InChI=1S/C24H18FNO2S2/c1-29-16-11-12-21-18(13-16)22(24(28)30-21)23(27)26-14-19(15-7-3-2-4-8-15)17-9-5-6-10-20(17)25/h2-14,28H,1H3,(H,26,27)/b19-14+. The highest BCUT2D eigenvalue weighted by molar-refractivity contribution is 7.98. The molecule has 0 aliphatic rings. The van der Waals surface area contributed by atoms with E-state index in [4.69, 9.17) is 0 Å². The number of rotatable bonds is 5. The molecule has 6 heteroatoms. The van der Waals surface area contributed by atoms with Crippen LogP contribution in [0, 0.1) is 5.82 Å². The Kier molecular flexibility index (Phi) is 5.88. The van der Waals surface area contributed by atoms with Crippen molar-refractivity contribution < 1.29 is 14.3 Å². The van der Waals surface area contributed by atoms with Gasteiger partial charge in [0.1, 0.15) is 11.4 Å². The molecular weight excluding hydrogens is 417 g/mol. The van der Waals surface area contributed by atoms with E-state index < -0.39 is 5.91 Å². The van der Waals surface area contributed by atoms with E-state index in [1.807, 2.05) is 54.8 Å². The Balaban J connectivity index is 1.75. The number of hydrogen-bond donors (Lipinski definition) is 2. The molecule has 0 aliphatic carbocycles. The fraction of sp³-hybridized carbons (Fsp3) is 0.0417. The van der Waals surface area contributed by atoms with Gasteiger partial charge in [0.2, 0.25) is 0 Å². The SMILES string of the molecule is CSc1ccc2sc(O)c(C(=O)N/C=C(\c3ccccc3)c3ccccc3F)c2c1. The van der Waals surface area contributed by atoms with Crippen molar-refractivity contribution >= 4 is 44.7 Å². The van der Waals surface area contributed by atoms with E-state index in [9.17, 15) is 14.3 Å². The highest BCUT2D eigenvalue weighted by Crippen LogP contribution is 2.38. The van der Waals surface area contributed by atoms with Crippen LogP contribution in [0.4, 0.5) is 4.39 Å². The summed E-state index contributed by atoms with van der Waals surface area (Å²) in [5.41, 5.74) is 1.93. The van der Waals surface area contributed by atoms with Crippen LogP contribution in [0.5, 0.6) is 5.06 Å². The summed E-state index contributed by atoms with van der Waals surface area (Å²) in [6.07, 6.45) is 3.45. The van der Waals surface area contributed by atoms with E-state index in [1.54, 1.807) is 30.0 Å². The van der Waals surface area contributed by atoms with Crippen LogP contribution in [0.1, 0.15) is 21.5 Å². The summed E-state index contributed by atoms with van der Waals surface area (Å²) in [4.78, 5) is 14.0. The van der Waals surface area contributed by atoms with Crippen LogP contribution in [-0.2, 0) is 0 Å². The van der Waals surface area contributed by atoms with E-state index >= 15 is 0 Å². The summed E-state index contributed by atoms with van der Waals surface area (Å²) >= 11 is 2.73. The van der Waals surface area contributed by atoms with Crippen LogP contribution >= 0.6 is 23.1 Å². The van der Waals surface area contributed by atoms with Gasteiger partial charge in [-0.2, -0.15) is 0 Å². The van der Waals surface area contributed by atoms with Crippen molar-refractivity contribution in [2.45, 2.75) is 4.90 Å². The van der Waals surface area contributed by atoms with E-state index in [1.165, 1.54) is 12.3 Å². The minimum atomic E-state index is -0.443. The first-order valence-corrected chi connectivity index (χ1v) is 11.2. The number of halogens is 1. The number of aromatic hydroxyl groups is 1. The molecule has 30 heavy (non-hydrogen) atoms. The third-order valence-corrected chi connectivity index (χ3v) is 6.40. The highest BCUT2D eigenvalue weighted by atomic mass is 32.2. The molecule has 0 radical (unpaired) electrons. The second kappa shape index (κ2) is 8.73. The third kappa shape index (κ3) is 3.97. The second-order valence-corrected chi connectivity index (χ2v) is 8.43. The first kappa shape index (κ1) is 20.2. The third-order valence-electron chi connectivity index (χ3n) is 4.70. The first-order valence-electron chi connectivity index (χ1n) is 9.19. The molecule has 150 valence electrons. The van der Waals surface area contributed by atoms with E-state index in [0.29, 0.717) is 16.5 Å². The molecule has 0 saturated heterocycles. The average molecular weight is 436 g/mol. The number of carbonyl (C=O) groups is 1. The number of thiophene rings is 1. The molecule has 2 N–H and O–H groups in total. The summed E-state index contributed by atoms with van der Waals surface area (Å²) in [6, 6.07) is 21.5. The van der Waals surface area contributed by atoms with Crippen LogP contribution in [-0.4, -0.2) is 17.3 Å². The van der Waals surface area contributed by atoms with Gasteiger partial charge in [0.25, 0.3) is 5.91 Å². The van der Waals surface area contributed by atoms with Gasteiger partial charge in [-0.15, -0.1) is 11.8 Å². The van der Waals surface area contributed by atoms with E-state index in [0.717, 1.165) is 26.5 Å². The summed E-state index contributed by atoms with van der Waals surface area (Å²) in [5.74, 6) is -0.822. The molecule has 4 rings (SSSR count). The monoisotopic (exact) mass is 435 g/mol. The molecular formula is C24H18FNO2S2. The van der Waals surface area contributed by atoms with Crippen molar-refractivity contribution in [2.75, 3.05) is 6.26 Å². The van der Waals surface area contributed by atoms with Gasteiger partial charge in [0.05, 0.1) is 0 Å². The van der Waals surface area contributed by atoms with Gasteiger partial charge in [0.15, 0.2) is 5.06 Å². The molecule has 3 aromatic carbocycles. The molecule has 1 heterocycles. The first-order chi connectivity index (χ1) is 14.6. The Morgan fingerprint density at radius 2 is 1.80 bits per heavy atom. The lowest BCUT2D eigenvalue weighted by molar-refractivity contribution is 0.0970. The number of nitrogens with one attached hydrogen (secondary N) is 1. The predicted octanol–water partition coefficient (Wildman–Crippen LogP) is 6.29. The van der Waals surface area contributed by atoms with Crippen molar-refractivity contribution in [3.63, 3.8) is 0 Å². The van der Waals surface area contributed by atoms with Gasteiger partial charge in [-0.05, 0) is 36.1 Å². The number of carbonyl (C=O) groups excluding carboxylic acids is 1. The lowest BCUT2D eigenvalue weighted by Gasteiger charge is -2.10. The molecule has 0 aliphatic heterocycles. The van der Waals surface area contributed by atoms with Crippen molar-refractivity contribution in [1.82, 2.24) is 5.32 Å². The molecule has 1 aromatic heterocycles. The zero-order valence-corrected chi connectivity index (χ0v) is 17.7. The fourth-order valence-electron chi connectivity index (χ4n) is 3.23. The molecule has 3 nitrogen and oxygen atoms in total. The van der Waals surface area contributed by atoms with Gasteiger partial charge in [-0.3, -0.25) is 4.79 Å². The van der Waals surface area contributed by atoms with Crippen LogP contribution in [0.2, 0.25) is 0 Å². The second-order valence-electron chi connectivity index (χ2n) is 6.52. The molecule has 0 atom stereocenters. The van der Waals surface area contributed by atoms with Crippen molar-refractivity contribution in [3.05, 3.63) is 102 Å². The minimum Gasteiger partial charge on any atom is -0.499 e. The largest absolute Gasteiger partial charge is 0.499 e. The zero-order chi connectivity index (χ0) is 21.1. The maximum absolute atomic E-state index is 14.5. The highest BCUT2D eigenvalue weighted by Gasteiger charge is 2.19. The summed E-state index contributed by atoms with van der Waals surface area (Å²) in [5, 5.41) is 13.8. The quantitative estimate of drug-likeness (QED) is 0.362. The van der Waals surface area contributed by atoms with Gasteiger partial charge in [-0.25, -0.2) is 4.39 Å². The Morgan fingerprint density at radius 1 is 1.07 bits per heavy atom. The smallest absolute Gasteiger partial charge is 0.260 e. The summed E-state index contributed by atoms with van der Waals surface area (Å²) < 4.78 is 15.3. The van der Waals surface area contributed by atoms with E-state index in [-0.39, 0.29) is 16.4 Å². The lowest BCUT2D eigenvalue weighted by atomic mass is 9.98. The molecule has 0 unspecified atom stereocenters. The molecule has 0 spiro atoms. The number of thioether (sulfide) groups is 1. The zero-order valence-electron chi connectivity index (χ0n) is 16.1. The summed E-state index contributed by atoms with van der Waals surface area (Å²) in [7, 11) is 0. The molecule has 0 bridgehead atoms. The van der Waals surface area contributed by atoms with Gasteiger partial charge >= 0.3 is 0 Å². The van der Waals surface area contributed by atoms with Crippen LogP contribution in [0.3, 0.4) is 0 Å². The van der Waals surface area contributed by atoms with Crippen molar-refractivity contribution in [2.24, 2.45) is 0 Å². The van der Waals surface area contributed by atoms with E-state index in [2.05, 4.69) is 5.32 Å². The average Bonchev–Trinajstić information content (AvgIpc) is 3.10. The number of amides is 1.